The highest BCUT2D eigenvalue weighted by Crippen LogP contribution is 2.26. The van der Waals surface area contributed by atoms with Crippen molar-refractivity contribution in [3.8, 4) is 0 Å². The van der Waals surface area contributed by atoms with Crippen LogP contribution in [-0.2, 0) is 14.2 Å². The maximum absolute atomic E-state index is 10.3. The third-order valence-electron chi connectivity index (χ3n) is 4.40. The minimum Gasteiger partial charge on any atom is -0.501 e. The molecule has 0 aliphatic rings. The predicted octanol–water partition coefficient (Wildman–Crippen LogP) is 1.93. The van der Waals surface area contributed by atoms with Crippen LogP contribution in [-0.4, -0.2) is 67.9 Å². The van der Waals surface area contributed by atoms with Crippen LogP contribution in [0.3, 0.4) is 0 Å². The number of hydrogen-bond donors (Lipinski definition) is 4. The van der Waals surface area contributed by atoms with E-state index >= 15 is 0 Å². The zero-order valence-corrected chi connectivity index (χ0v) is 17.7. The Kier molecular flexibility index (Phi) is 13.6. The van der Waals surface area contributed by atoms with Gasteiger partial charge in [-0.25, -0.2) is 0 Å². The van der Waals surface area contributed by atoms with Crippen molar-refractivity contribution in [2.24, 2.45) is 5.41 Å². The molecule has 0 aliphatic carbocycles. The Morgan fingerprint density at radius 1 is 1.07 bits per heavy atom. The van der Waals surface area contributed by atoms with E-state index in [0.29, 0.717) is 13.2 Å². The largest absolute Gasteiger partial charge is 0.501 e. The highest BCUT2D eigenvalue weighted by molar-refractivity contribution is 5.15. The van der Waals surface area contributed by atoms with E-state index in [1.54, 1.807) is 7.11 Å². The minimum absolute atomic E-state index is 0.129. The number of hydrogen-bond acceptors (Lipinski definition) is 7. The van der Waals surface area contributed by atoms with Crippen molar-refractivity contribution in [2.75, 3.05) is 34.0 Å². The number of allylic oxidation sites excluding steroid dienone is 3. The molecule has 0 saturated carbocycles. The fourth-order valence-corrected chi connectivity index (χ4v) is 2.68. The molecule has 0 amide bonds. The standard InChI is InChI=1S/C20H39NO6/c1-7-15(9-10-16(8-2)25-5)13-27-14-20(3,4)18(26-6)19(24)21-12-11-17(22)23/h9-10,17-19,21-24H,7-8,11-14H2,1-6H3/b15-9+,16-10+. The molecule has 0 aromatic rings. The van der Waals surface area contributed by atoms with Crippen LogP contribution in [0.15, 0.2) is 23.5 Å². The van der Waals surface area contributed by atoms with Crippen molar-refractivity contribution in [2.45, 2.75) is 65.6 Å². The Bertz CT molecular complexity index is 442. The maximum atomic E-state index is 10.3. The van der Waals surface area contributed by atoms with E-state index in [1.807, 2.05) is 32.9 Å². The molecule has 0 spiro atoms. The third kappa shape index (κ3) is 10.8. The van der Waals surface area contributed by atoms with E-state index in [1.165, 1.54) is 7.11 Å². The van der Waals surface area contributed by atoms with Gasteiger partial charge in [0, 0.05) is 31.9 Å². The molecule has 0 aromatic heterocycles. The molecule has 0 aromatic carbocycles. The molecule has 4 N–H and O–H groups in total. The molecule has 0 aliphatic heterocycles. The zero-order valence-electron chi connectivity index (χ0n) is 17.7. The summed E-state index contributed by atoms with van der Waals surface area (Å²) in [5.41, 5.74) is 0.702. The number of methoxy groups -OCH3 is 2. The predicted molar refractivity (Wildman–Crippen MR) is 106 cm³/mol. The molecule has 7 heteroatoms. The van der Waals surface area contributed by atoms with Crippen molar-refractivity contribution in [1.82, 2.24) is 5.32 Å². The fourth-order valence-electron chi connectivity index (χ4n) is 2.68. The first-order valence-electron chi connectivity index (χ1n) is 9.52. The average molecular weight is 390 g/mol. The lowest BCUT2D eigenvalue weighted by molar-refractivity contribution is -0.114. The first-order chi connectivity index (χ1) is 12.7. The van der Waals surface area contributed by atoms with Crippen LogP contribution in [0.25, 0.3) is 0 Å². The van der Waals surface area contributed by atoms with Crippen LogP contribution >= 0.6 is 0 Å². The van der Waals surface area contributed by atoms with E-state index in [-0.39, 0.29) is 13.0 Å². The first-order valence-corrected chi connectivity index (χ1v) is 9.52. The van der Waals surface area contributed by atoms with Gasteiger partial charge in [-0.1, -0.05) is 33.8 Å². The van der Waals surface area contributed by atoms with Gasteiger partial charge in [0.2, 0.25) is 0 Å². The van der Waals surface area contributed by atoms with E-state index in [2.05, 4.69) is 12.2 Å². The van der Waals surface area contributed by atoms with Crippen molar-refractivity contribution >= 4 is 0 Å². The molecule has 0 heterocycles. The van der Waals surface area contributed by atoms with Gasteiger partial charge in [0.1, 0.15) is 12.3 Å². The number of nitrogens with one attached hydrogen (secondary N) is 1. The number of rotatable bonds is 15. The van der Waals surface area contributed by atoms with Gasteiger partial charge < -0.3 is 29.5 Å². The fraction of sp³-hybridized carbons (Fsp3) is 0.800. The molecular formula is C20H39NO6. The average Bonchev–Trinajstić information content (AvgIpc) is 2.60. The topological polar surface area (TPSA) is 100 Å². The molecule has 7 nitrogen and oxygen atoms in total. The van der Waals surface area contributed by atoms with Gasteiger partial charge in [-0.3, -0.25) is 5.32 Å². The van der Waals surface area contributed by atoms with Crippen LogP contribution < -0.4 is 5.32 Å². The van der Waals surface area contributed by atoms with Gasteiger partial charge in [0.05, 0.1) is 26.1 Å². The van der Waals surface area contributed by atoms with E-state index in [0.717, 1.165) is 24.2 Å². The van der Waals surface area contributed by atoms with Gasteiger partial charge in [0.15, 0.2) is 6.29 Å². The second-order valence-corrected chi connectivity index (χ2v) is 7.18. The van der Waals surface area contributed by atoms with Gasteiger partial charge in [-0.05, 0) is 18.1 Å². The lowest BCUT2D eigenvalue weighted by Gasteiger charge is -2.36. The van der Waals surface area contributed by atoms with Crippen LogP contribution in [0.2, 0.25) is 0 Å². The highest BCUT2D eigenvalue weighted by Gasteiger charge is 2.35. The van der Waals surface area contributed by atoms with Crippen LogP contribution in [0, 0.1) is 5.41 Å². The lowest BCUT2D eigenvalue weighted by Crippen LogP contribution is -2.50. The monoisotopic (exact) mass is 389 g/mol. The number of ether oxygens (including phenoxy) is 3. The first kappa shape index (κ1) is 26.0. The second kappa shape index (κ2) is 14.1. The molecule has 0 fully saturated rings. The quantitative estimate of drug-likeness (QED) is 0.193. The van der Waals surface area contributed by atoms with Crippen molar-refractivity contribution in [1.29, 1.82) is 0 Å². The van der Waals surface area contributed by atoms with Gasteiger partial charge in [-0.2, -0.15) is 0 Å². The molecule has 0 radical (unpaired) electrons. The normalized spacial score (nSPS) is 15.9. The molecule has 0 rings (SSSR count). The molecule has 2 unspecified atom stereocenters. The Hall–Kier alpha value is -0.960. The van der Waals surface area contributed by atoms with E-state index in [9.17, 15) is 5.11 Å². The summed E-state index contributed by atoms with van der Waals surface area (Å²) in [7, 11) is 3.21. The zero-order chi connectivity index (χ0) is 20.9. The summed E-state index contributed by atoms with van der Waals surface area (Å²) in [6.45, 7) is 9.20. The Balaban J connectivity index is 4.68. The summed E-state index contributed by atoms with van der Waals surface area (Å²) >= 11 is 0. The van der Waals surface area contributed by atoms with E-state index in [4.69, 9.17) is 24.4 Å². The van der Waals surface area contributed by atoms with Crippen LogP contribution in [0.1, 0.15) is 47.0 Å². The summed E-state index contributed by atoms with van der Waals surface area (Å²) in [5, 5.41) is 30.9. The molecule has 2 atom stereocenters. The van der Waals surface area contributed by atoms with Crippen molar-refractivity contribution < 1.29 is 29.5 Å². The van der Waals surface area contributed by atoms with E-state index < -0.39 is 24.0 Å². The third-order valence-corrected chi connectivity index (χ3v) is 4.40. The molecular weight excluding hydrogens is 350 g/mol. The van der Waals surface area contributed by atoms with Crippen molar-refractivity contribution in [3.63, 3.8) is 0 Å². The molecule has 160 valence electrons. The van der Waals surface area contributed by atoms with Gasteiger partial charge in [0.25, 0.3) is 0 Å². The summed E-state index contributed by atoms with van der Waals surface area (Å²) in [5.74, 6) is 0.919. The van der Waals surface area contributed by atoms with Crippen molar-refractivity contribution in [3.05, 3.63) is 23.5 Å². The highest BCUT2D eigenvalue weighted by atomic mass is 16.5. The number of aliphatic hydroxyl groups is 3. The maximum Gasteiger partial charge on any atom is 0.152 e. The Morgan fingerprint density at radius 3 is 2.22 bits per heavy atom. The summed E-state index contributed by atoms with van der Waals surface area (Å²) in [4.78, 5) is 0. The Morgan fingerprint density at radius 2 is 1.74 bits per heavy atom. The number of aliphatic hydroxyl groups excluding tert-OH is 2. The molecule has 0 saturated heterocycles. The lowest BCUT2D eigenvalue weighted by atomic mass is 9.86. The van der Waals surface area contributed by atoms with Crippen LogP contribution in [0.4, 0.5) is 0 Å². The van der Waals surface area contributed by atoms with Crippen LogP contribution in [0.5, 0.6) is 0 Å². The SMILES string of the molecule is CC/C(=C\C=C(/CC)OC)COCC(C)(C)C(OC)C(O)NCCC(O)O. The molecule has 0 bridgehead atoms. The smallest absolute Gasteiger partial charge is 0.152 e. The Labute approximate surface area is 164 Å². The molecule has 27 heavy (non-hydrogen) atoms. The summed E-state index contributed by atoms with van der Waals surface area (Å²) < 4.78 is 16.6. The van der Waals surface area contributed by atoms with Gasteiger partial charge >= 0.3 is 0 Å². The summed E-state index contributed by atoms with van der Waals surface area (Å²) in [6.07, 6.45) is 2.98. The summed E-state index contributed by atoms with van der Waals surface area (Å²) in [6, 6.07) is 0. The minimum atomic E-state index is -1.40. The second-order valence-electron chi connectivity index (χ2n) is 7.18. The van der Waals surface area contributed by atoms with Gasteiger partial charge in [-0.15, -0.1) is 0 Å².